The van der Waals surface area contributed by atoms with Crippen LogP contribution in [0.25, 0.3) is 22.2 Å². The number of hydrogen-bond acceptors (Lipinski definition) is 5. The Morgan fingerprint density at radius 3 is 2.71 bits per heavy atom. The normalized spacial score (nSPS) is 12.4. The van der Waals surface area contributed by atoms with Gasteiger partial charge in [0, 0.05) is 34.7 Å². The van der Waals surface area contributed by atoms with Crippen LogP contribution in [0, 0.1) is 0 Å². The van der Waals surface area contributed by atoms with E-state index in [1.807, 2.05) is 48.8 Å². The van der Waals surface area contributed by atoms with E-state index in [2.05, 4.69) is 20.5 Å². The first kappa shape index (κ1) is 19.0. The summed E-state index contributed by atoms with van der Waals surface area (Å²) in [5, 5.41) is 5.27. The number of amides is 1. The Morgan fingerprint density at radius 1 is 1.10 bits per heavy atom. The molecule has 152 valence electrons. The van der Waals surface area contributed by atoms with Gasteiger partial charge in [0.2, 0.25) is 6.79 Å². The number of fused-ring (bicyclic) bond motifs is 2. The van der Waals surface area contributed by atoms with Crippen molar-refractivity contribution in [2.75, 3.05) is 6.79 Å². The third kappa shape index (κ3) is 3.78. The molecule has 0 unspecified atom stereocenters. The van der Waals surface area contributed by atoms with Crippen molar-refractivity contribution in [2.45, 2.75) is 0 Å². The number of nitrogens with one attached hydrogen (secondary N) is 2. The van der Waals surface area contributed by atoms with Gasteiger partial charge >= 0.3 is 0 Å². The number of halogens is 1. The van der Waals surface area contributed by atoms with Crippen molar-refractivity contribution in [3.8, 4) is 22.8 Å². The Hall–Kier alpha value is -3.97. The molecule has 0 radical (unpaired) electrons. The minimum absolute atomic E-state index is 0.153. The van der Waals surface area contributed by atoms with Crippen LogP contribution in [-0.2, 0) is 0 Å². The molecule has 1 aliphatic rings. The lowest BCUT2D eigenvalue weighted by Gasteiger charge is -2.08. The van der Waals surface area contributed by atoms with Gasteiger partial charge in [-0.2, -0.15) is 5.10 Å². The van der Waals surface area contributed by atoms with Crippen LogP contribution in [0.1, 0.15) is 15.9 Å². The number of rotatable bonds is 4. The first-order valence-electron chi connectivity index (χ1n) is 9.48. The predicted molar refractivity (Wildman–Crippen MR) is 116 cm³/mol. The molecule has 31 heavy (non-hydrogen) atoms. The molecule has 4 aromatic rings. The zero-order valence-electron chi connectivity index (χ0n) is 16.1. The van der Waals surface area contributed by atoms with Gasteiger partial charge < -0.3 is 9.47 Å². The molecule has 2 aromatic carbocycles. The van der Waals surface area contributed by atoms with E-state index in [4.69, 9.17) is 21.1 Å². The Morgan fingerprint density at radius 2 is 1.87 bits per heavy atom. The van der Waals surface area contributed by atoms with Crippen molar-refractivity contribution in [3.05, 3.63) is 83.1 Å². The molecule has 2 N–H and O–H groups in total. The van der Waals surface area contributed by atoms with Crippen molar-refractivity contribution >= 4 is 34.6 Å². The number of hydrogen-bond donors (Lipinski definition) is 1. The maximum Gasteiger partial charge on any atom is 0.272 e. The number of nitrogens with zero attached hydrogens (tertiary/aromatic N) is 2. The summed E-state index contributed by atoms with van der Waals surface area (Å²) in [5.74, 6) is 0.818. The molecular formula is C23H16ClN4O3+. The zero-order chi connectivity index (χ0) is 21.2. The molecule has 3 heterocycles. The first-order chi connectivity index (χ1) is 15.2. The number of pyridine rings is 2. The highest BCUT2D eigenvalue weighted by molar-refractivity contribution is 6.33. The lowest BCUT2D eigenvalue weighted by Crippen LogP contribution is -2.18. The Bertz CT molecular complexity index is 1330. The van der Waals surface area contributed by atoms with Crippen LogP contribution in [0.5, 0.6) is 11.5 Å². The van der Waals surface area contributed by atoms with Gasteiger partial charge in [0.05, 0.1) is 28.0 Å². The van der Waals surface area contributed by atoms with E-state index in [0.29, 0.717) is 33.3 Å². The van der Waals surface area contributed by atoms with Crippen LogP contribution in [0.4, 0.5) is 0 Å². The SMILES string of the molecule is O=C(NN=Cc1cc2c(cc1Cl)OCO2)c1cc(-c2cc[nH+]cc2)nc2ccccc12. The maximum absolute atomic E-state index is 13.0. The van der Waals surface area contributed by atoms with Gasteiger partial charge in [-0.3, -0.25) is 4.79 Å². The van der Waals surface area contributed by atoms with Gasteiger partial charge in [-0.05, 0) is 18.2 Å². The maximum atomic E-state index is 13.0. The van der Waals surface area contributed by atoms with E-state index in [0.717, 1.165) is 16.5 Å². The minimum Gasteiger partial charge on any atom is -0.454 e. The van der Waals surface area contributed by atoms with Crippen LogP contribution in [0.15, 0.2) is 72.1 Å². The number of para-hydroxylation sites is 1. The summed E-state index contributed by atoms with van der Waals surface area (Å²) in [4.78, 5) is 20.6. The summed E-state index contributed by atoms with van der Waals surface area (Å²) in [6.45, 7) is 0.153. The molecule has 1 aliphatic heterocycles. The van der Waals surface area contributed by atoms with Crippen LogP contribution < -0.4 is 19.9 Å². The molecule has 8 heteroatoms. The molecule has 0 saturated heterocycles. The van der Waals surface area contributed by atoms with Gasteiger partial charge in [0.25, 0.3) is 5.91 Å². The zero-order valence-corrected chi connectivity index (χ0v) is 16.9. The van der Waals surface area contributed by atoms with Gasteiger partial charge in [-0.15, -0.1) is 0 Å². The van der Waals surface area contributed by atoms with E-state index >= 15 is 0 Å². The summed E-state index contributed by atoms with van der Waals surface area (Å²) < 4.78 is 10.6. The van der Waals surface area contributed by atoms with Crippen molar-refractivity contribution in [2.24, 2.45) is 5.10 Å². The molecule has 0 atom stereocenters. The average molecular weight is 432 g/mol. The lowest BCUT2D eigenvalue weighted by atomic mass is 10.0. The quantitative estimate of drug-likeness (QED) is 0.392. The highest BCUT2D eigenvalue weighted by Gasteiger charge is 2.16. The molecule has 0 saturated carbocycles. The number of hydrazone groups is 1. The molecule has 5 rings (SSSR count). The largest absolute Gasteiger partial charge is 0.454 e. The monoisotopic (exact) mass is 431 g/mol. The van der Waals surface area contributed by atoms with Gasteiger partial charge in [-0.25, -0.2) is 15.4 Å². The standard InChI is InChI=1S/C23H15ClN4O3/c24-18-11-22-21(30-13-31-22)9-15(18)12-26-28-23(29)17-10-20(14-5-7-25-8-6-14)27-19-4-2-1-3-16(17)19/h1-12H,13H2,(H,28,29)/p+1. The number of aromatic amines is 1. The molecule has 0 fully saturated rings. The fourth-order valence-corrected chi connectivity index (χ4v) is 3.52. The third-order valence-electron chi connectivity index (χ3n) is 4.84. The molecule has 7 nitrogen and oxygen atoms in total. The third-order valence-corrected chi connectivity index (χ3v) is 5.16. The van der Waals surface area contributed by atoms with Crippen LogP contribution in [-0.4, -0.2) is 23.9 Å². The van der Waals surface area contributed by atoms with E-state index < -0.39 is 0 Å². The van der Waals surface area contributed by atoms with Crippen molar-refractivity contribution in [1.29, 1.82) is 0 Å². The molecule has 1 amide bonds. The second kappa shape index (κ2) is 8.04. The number of benzene rings is 2. The average Bonchev–Trinajstić information content (AvgIpc) is 3.26. The van der Waals surface area contributed by atoms with E-state index in [1.54, 1.807) is 18.2 Å². The van der Waals surface area contributed by atoms with E-state index in [-0.39, 0.29) is 12.7 Å². The molecule has 2 aromatic heterocycles. The molecule has 0 aliphatic carbocycles. The minimum atomic E-state index is -0.351. The summed E-state index contributed by atoms with van der Waals surface area (Å²) in [7, 11) is 0. The second-order valence-electron chi connectivity index (χ2n) is 6.79. The Kier molecular flexibility index (Phi) is 4.93. The number of H-pyrrole nitrogens is 1. The number of ether oxygens (including phenoxy) is 2. The Balaban J connectivity index is 1.45. The number of carbonyl (C=O) groups is 1. The summed E-state index contributed by atoms with van der Waals surface area (Å²) >= 11 is 6.26. The van der Waals surface area contributed by atoms with Crippen LogP contribution in [0.2, 0.25) is 5.02 Å². The molecule has 0 spiro atoms. The van der Waals surface area contributed by atoms with Gasteiger partial charge in [0.1, 0.15) is 0 Å². The highest BCUT2D eigenvalue weighted by atomic mass is 35.5. The molecule has 0 bridgehead atoms. The van der Waals surface area contributed by atoms with Crippen molar-refractivity contribution < 1.29 is 19.3 Å². The van der Waals surface area contributed by atoms with E-state index in [9.17, 15) is 4.79 Å². The summed E-state index contributed by atoms with van der Waals surface area (Å²) in [6.07, 6.45) is 5.09. The second-order valence-corrected chi connectivity index (χ2v) is 7.19. The predicted octanol–water partition coefficient (Wildman–Crippen LogP) is 3.86. The van der Waals surface area contributed by atoms with Crippen molar-refractivity contribution in [1.82, 2.24) is 10.4 Å². The lowest BCUT2D eigenvalue weighted by molar-refractivity contribution is -0.377. The summed E-state index contributed by atoms with van der Waals surface area (Å²) in [5.41, 5.74) is 5.97. The number of carbonyl (C=O) groups excluding carboxylic acids is 1. The van der Waals surface area contributed by atoms with Crippen LogP contribution in [0.3, 0.4) is 0 Å². The topological polar surface area (TPSA) is 87.0 Å². The van der Waals surface area contributed by atoms with Crippen LogP contribution >= 0.6 is 11.6 Å². The van der Waals surface area contributed by atoms with Crippen molar-refractivity contribution in [3.63, 3.8) is 0 Å². The van der Waals surface area contributed by atoms with Gasteiger partial charge in [0.15, 0.2) is 23.9 Å². The smallest absolute Gasteiger partial charge is 0.272 e. The first-order valence-corrected chi connectivity index (χ1v) is 9.86. The summed E-state index contributed by atoms with van der Waals surface area (Å²) in [6, 6.07) is 16.4. The van der Waals surface area contributed by atoms with Gasteiger partial charge in [-0.1, -0.05) is 29.8 Å². The number of aromatic nitrogens is 2. The Labute approximate surface area is 182 Å². The molecular weight excluding hydrogens is 416 g/mol. The fourth-order valence-electron chi connectivity index (χ4n) is 3.32. The fraction of sp³-hybridized carbons (Fsp3) is 0.0435. The highest BCUT2D eigenvalue weighted by Crippen LogP contribution is 2.36. The van der Waals surface area contributed by atoms with E-state index in [1.165, 1.54) is 6.21 Å².